The first kappa shape index (κ1) is 19.0. The highest BCUT2D eigenvalue weighted by molar-refractivity contribution is 5.95. The van der Waals surface area contributed by atoms with Crippen LogP contribution in [0.2, 0.25) is 0 Å². The first-order valence-electron chi connectivity index (χ1n) is 9.77. The molecular weight excluding hydrogens is 366 g/mol. The van der Waals surface area contributed by atoms with Crippen molar-refractivity contribution in [1.29, 1.82) is 0 Å². The summed E-state index contributed by atoms with van der Waals surface area (Å²) in [5.41, 5.74) is 0.556. The van der Waals surface area contributed by atoms with Crippen LogP contribution in [0.1, 0.15) is 39.0 Å². The van der Waals surface area contributed by atoms with Crippen molar-refractivity contribution in [1.82, 2.24) is 0 Å². The van der Waals surface area contributed by atoms with E-state index in [2.05, 4.69) is 5.32 Å². The number of rotatable bonds is 4. The molecule has 1 aromatic rings. The topological polar surface area (TPSA) is 92.3 Å². The number of hydrogen-bond donors (Lipinski definition) is 1. The zero-order valence-corrected chi connectivity index (χ0v) is 15.9. The molecular formula is C20H25NO7. The Hall–Kier alpha value is -2.32. The average Bonchev–Trinajstić information content (AvgIpc) is 3.05. The molecule has 152 valence electrons. The van der Waals surface area contributed by atoms with E-state index in [0.717, 1.165) is 25.7 Å². The molecule has 8 heteroatoms. The van der Waals surface area contributed by atoms with Gasteiger partial charge in [0.15, 0.2) is 23.7 Å². The molecule has 2 fully saturated rings. The summed E-state index contributed by atoms with van der Waals surface area (Å²) in [6.45, 7) is 2.43. The Labute approximate surface area is 163 Å². The van der Waals surface area contributed by atoms with Gasteiger partial charge in [0.1, 0.15) is 0 Å². The highest BCUT2D eigenvalue weighted by Crippen LogP contribution is 2.46. The van der Waals surface area contributed by atoms with Crippen LogP contribution in [0.15, 0.2) is 18.2 Å². The third-order valence-electron chi connectivity index (χ3n) is 5.16. The molecule has 8 nitrogen and oxygen atoms in total. The van der Waals surface area contributed by atoms with E-state index < -0.39 is 29.9 Å². The summed E-state index contributed by atoms with van der Waals surface area (Å²) < 4.78 is 27.8. The molecule has 1 aromatic carbocycles. The molecule has 4 rings (SSSR count). The second-order valence-corrected chi connectivity index (χ2v) is 7.34. The molecule has 1 aliphatic carbocycles. The van der Waals surface area contributed by atoms with Crippen molar-refractivity contribution in [2.45, 2.75) is 57.0 Å². The monoisotopic (exact) mass is 391 g/mol. The summed E-state index contributed by atoms with van der Waals surface area (Å²) in [5.74, 6) is -0.289. The molecule has 2 atom stereocenters. The van der Waals surface area contributed by atoms with E-state index in [0.29, 0.717) is 30.4 Å². The summed E-state index contributed by atoms with van der Waals surface area (Å²) in [6, 6.07) is 5.27. The van der Waals surface area contributed by atoms with Crippen LogP contribution in [0.25, 0.3) is 0 Å². The lowest BCUT2D eigenvalue weighted by Gasteiger charge is -2.31. The summed E-state index contributed by atoms with van der Waals surface area (Å²) >= 11 is 0. The number of ether oxygens (including phenoxy) is 5. The predicted molar refractivity (Wildman–Crippen MR) is 98.3 cm³/mol. The highest BCUT2D eigenvalue weighted by Gasteiger charge is 2.42. The molecule has 0 aromatic heterocycles. The maximum atomic E-state index is 12.4. The highest BCUT2D eigenvalue weighted by atomic mass is 16.7. The fourth-order valence-electron chi connectivity index (χ4n) is 3.64. The Morgan fingerprint density at radius 1 is 1.14 bits per heavy atom. The van der Waals surface area contributed by atoms with Crippen LogP contribution in [0.3, 0.4) is 0 Å². The Balaban J connectivity index is 1.34. The number of esters is 1. The minimum atomic E-state index is -0.965. The first-order valence-corrected chi connectivity index (χ1v) is 9.77. The summed E-state index contributed by atoms with van der Waals surface area (Å²) in [4.78, 5) is 24.4. The summed E-state index contributed by atoms with van der Waals surface area (Å²) in [6.07, 6.45) is 3.33. The van der Waals surface area contributed by atoms with Crippen molar-refractivity contribution in [3.8, 4) is 11.5 Å². The number of anilines is 1. The zero-order chi connectivity index (χ0) is 19.6. The van der Waals surface area contributed by atoms with E-state index in [9.17, 15) is 9.59 Å². The van der Waals surface area contributed by atoms with E-state index in [1.807, 2.05) is 0 Å². The molecule has 1 saturated heterocycles. The van der Waals surface area contributed by atoms with Gasteiger partial charge in [-0.1, -0.05) is 6.42 Å². The quantitative estimate of drug-likeness (QED) is 0.788. The second-order valence-electron chi connectivity index (χ2n) is 7.34. The van der Waals surface area contributed by atoms with Crippen molar-refractivity contribution in [2.24, 2.45) is 0 Å². The van der Waals surface area contributed by atoms with Crippen molar-refractivity contribution in [2.75, 3.05) is 25.1 Å². The van der Waals surface area contributed by atoms with Crippen LogP contribution in [0.5, 0.6) is 11.5 Å². The van der Waals surface area contributed by atoms with Gasteiger partial charge in [0.05, 0.1) is 19.8 Å². The lowest BCUT2D eigenvalue weighted by atomic mass is 9.94. The van der Waals surface area contributed by atoms with Gasteiger partial charge in [-0.3, -0.25) is 4.79 Å². The van der Waals surface area contributed by atoms with Crippen molar-refractivity contribution >= 4 is 17.6 Å². The Morgan fingerprint density at radius 2 is 1.93 bits per heavy atom. The molecule has 28 heavy (non-hydrogen) atoms. The molecule has 1 spiro atoms. The van der Waals surface area contributed by atoms with Gasteiger partial charge >= 0.3 is 5.97 Å². The van der Waals surface area contributed by atoms with Crippen LogP contribution in [-0.2, 0) is 23.8 Å². The molecule has 1 N–H and O–H groups in total. The van der Waals surface area contributed by atoms with Gasteiger partial charge in [-0.25, -0.2) is 4.79 Å². The number of carbonyl (C=O) groups excluding carboxylic acids is 2. The second kappa shape index (κ2) is 7.97. The molecule has 2 unspecified atom stereocenters. The Kier molecular flexibility index (Phi) is 5.41. The minimum Gasteiger partial charge on any atom is -0.451 e. The number of carbonyl (C=O) groups is 2. The average molecular weight is 391 g/mol. The van der Waals surface area contributed by atoms with Gasteiger partial charge in [-0.2, -0.15) is 0 Å². The van der Waals surface area contributed by atoms with Crippen molar-refractivity contribution in [3.05, 3.63) is 18.2 Å². The largest absolute Gasteiger partial charge is 0.451 e. The molecule has 3 aliphatic rings. The maximum absolute atomic E-state index is 12.4. The smallest absolute Gasteiger partial charge is 0.338 e. The normalized spacial score (nSPS) is 23.8. The van der Waals surface area contributed by atoms with E-state index in [1.54, 1.807) is 18.2 Å². The van der Waals surface area contributed by atoms with Crippen LogP contribution in [-0.4, -0.2) is 49.7 Å². The SMILES string of the molecule is CC(OC(=O)C1COCCO1)C(=O)Nc1ccc2c(c1)OC1(CCCCC1)O2. The standard InChI is InChI=1S/C20H25NO7/c1-13(26-19(23)17-12-24-9-10-25-17)18(22)21-14-5-6-15-16(11-14)28-20(27-15)7-3-2-4-8-20/h5-6,11,13,17H,2-4,7-10,12H2,1H3,(H,21,22). The Bertz CT molecular complexity index is 738. The van der Waals surface area contributed by atoms with E-state index in [1.165, 1.54) is 13.3 Å². The molecule has 0 radical (unpaired) electrons. The van der Waals surface area contributed by atoms with Crippen LogP contribution >= 0.6 is 0 Å². The molecule has 2 aliphatic heterocycles. The lowest BCUT2D eigenvalue weighted by molar-refractivity contribution is -0.176. The van der Waals surface area contributed by atoms with Crippen LogP contribution in [0, 0.1) is 0 Å². The third-order valence-corrected chi connectivity index (χ3v) is 5.16. The molecule has 1 amide bonds. The molecule has 1 saturated carbocycles. The van der Waals surface area contributed by atoms with Gasteiger partial charge in [0.25, 0.3) is 11.7 Å². The van der Waals surface area contributed by atoms with Gasteiger partial charge in [-0.15, -0.1) is 0 Å². The maximum Gasteiger partial charge on any atom is 0.338 e. The zero-order valence-electron chi connectivity index (χ0n) is 15.9. The summed E-state index contributed by atoms with van der Waals surface area (Å²) in [5, 5.41) is 2.75. The minimum absolute atomic E-state index is 0.136. The van der Waals surface area contributed by atoms with Crippen LogP contribution in [0.4, 0.5) is 5.69 Å². The van der Waals surface area contributed by atoms with E-state index in [-0.39, 0.29) is 6.61 Å². The van der Waals surface area contributed by atoms with E-state index in [4.69, 9.17) is 23.7 Å². The number of hydrogen-bond acceptors (Lipinski definition) is 7. The fraction of sp³-hybridized carbons (Fsp3) is 0.600. The van der Waals surface area contributed by atoms with E-state index >= 15 is 0 Å². The summed E-state index contributed by atoms with van der Waals surface area (Å²) in [7, 11) is 0. The number of fused-ring (bicyclic) bond motifs is 1. The van der Waals surface area contributed by atoms with Gasteiger partial charge < -0.3 is 29.0 Å². The van der Waals surface area contributed by atoms with Crippen LogP contribution < -0.4 is 14.8 Å². The Morgan fingerprint density at radius 3 is 2.68 bits per heavy atom. The van der Waals surface area contributed by atoms with Gasteiger partial charge in [0.2, 0.25) is 0 Å². The predicted octanol–water partition coefficient (Wildman–Crippen LogP) is 2.40. The number of amides is 1. The van der Waals surface area contributed by atoms with Gasteiger partial charge in [0, 0.05) is 24.6 Å². The molecule has 2 heterocycles. The third kappa shape index (κ3) is 4.07. The van der Waals surface area contributed by atoms with Crippen molar-refractivity contribution < 1.29 is 33.3 Å². The number of benzene rings is 1. The van der Waals surface area contributed by atoms with Crippen molar-refractivity contribution in [3.63, 3.8) is 0 Å². The first-order chi connectivity index (χ1) is 13.5. The van der Waals surface area contributed by atoms with Gasteiger partial charge in [-0.05, 0) is 31.9 Å². The molecule has 0 bridgehead atoms. The lowest BCUT2D eigenvalue weighted by Crippen LogP contribution is -2.40. The number of nitrogens with one attached hydrogen (secondary N) is 1. The fourth-order valence-corrected chi connectivity index (χ4v) is 3.64.